The van der Waals surface area contributed by atoms with Gasteiger partial charge in [-0.15, -0.1) is 10.2 Å². The largest absolute Gasteiger partial charge is 0.481 e. The highest BCUT2D eigenvalue weighted by Gasteiger charge is 2.08. The molecule has 0 amide bonds. The van der Waals surface area contributed by atoms with Crippen LogP contribution in [0.3, 0.4) is 0 Å². The minimum atomic E-state index is -0.812. The molecule has 2 heterocycles. The normalized spacial score (nSPS) is 10.7. The zero-order valence-corrected chi connectivity index (χ0v) is 9.83. The number of carbonyl (C=O) groups is 1. The summed E-state index contributed by atoms with van der Waals surface area (Å²) in [5.74, 6) is 1.11. The van der Waals surface area contributed by atoms with Crippen LogP contribution in [0.2, 0.25) is 0 Å². The number of furan rings is 1. The lowest BCUT2D eigenvalue weighted by molar-refractivity contribution is -0.137. The van der Waals surface area contributed by atoms with Gasteiger partial charge in [-0.05, 0) is 18.6 Å². The molecule has 0 aliphatic rings. The van der Waals surface area contributed by atoms with E-state index in [0.717, 1.165) is 5.76 Å². The third-order valence-corrected chi connectivity index (χ3v) is 2.46. The Hall–Kier alpha value is -2.11. The molecule has 0 saturated heterocycles. The molecule has 0 spiro atoms. The second-order valence-corrected chi connectivity index (χ2v) is 3.92. The molecule has 0 fully saturated rings. The number of aliphatic carboxylic acids is 1. The predicted molar refractivity (Wildman–Crippen MR) is 61.0 cm³/mol. The van der Waals surface area contributed by atoms with Crippen LogP contribution >= 0.6 is 0 Å². The maximum Gasteiger partial charge on any atom is 0.303 e. The number of carboxylic acid groups (broad SMARTS) is 1. The number of hydrogen-bond acceptors (Lipinski definition) is 5. The van der Waals surface area contributed by atoms with Gasteiger partial charge < -0.3 is 13.9 Å². The standard InChI is InChI=1S/C12H14N2O4/c15-12(16)5-1-4-10-13-14-11(18-10)7-6-9-3-2-8-17-9/h2-3,8H,1,4-7H2,(H,15,16). The first-order chi connectivity index (χ1) is 8.74. The van der Waals surface area contributed by atoms with Gasteiger partial charge in [0, 0.05) is 25.7 Å². The Kier molecular flexibility index (Phi) is 4.11. The molecule has 2 rings (SSSR count). The molecule has 0 atom stereocenters. The van der Waals surface area contributed by atoms with Crippen molar-refractivity contribution < 1.29 is 18.7 Å². The first kappa shape index (κ1) is 12.3. The number of nitrogens with zero attached hydrogens (tertiary/aromatic N) is 2. The summed E-state index contributed by atoms with van der Waals surface area (Å²) in [6.45, 7) is 0. The predicted octanol–water partition coefficient (Wildman–Crippen LogP) is 1.86. The fourth-order valence-electron chi connectivity index (χ4n) is 1.57. The van der Waals surface area contributed by atoms with Crippen LogP contribution in [0.5, 0.6) is 0 Å². The van der Waals surface area contributed by atoms with Crippen molar-refractivity contribution in [2.75, 3.05) is 0 Å². The Morgan fingerprint density at radius 2 is 2.00 bits per heavy atom. The smallest absolute Gasteiger partial charge is 0.303 e. The molecule has 2 aromatic heterocycles. The van der Waals surface area contributed by atoms with Crippen molar-refractivity contribution in [2.45, 2.75) is 32.1 Å². The molecular weight excluding hydrogens is 236 g/mol. The van der Waals surface area contributed by atoms with Crippen LogP contribution in [0.4, 0.5) is 0 Å². The summed E-state index contributed by atoms with van der Waals surface area (Å²) in [6.07, 6.45) is 4.09. The average Bonchev–Trinajstić information content (AvgIpc) is 2.96. The zero-order chi connectivity index (χ0) is 12.8. The monoisotopic (exact) mass is 250 g/mol. The van der Waals surface area contributed by atoms with Gasteiger partial charge in [0.2, 0.25) is 11.8 Å². The number of hydrogen-bond donors (Lipinski definition) is 1. The van der Waals surface area contributed by atoms with Crippen molar-refractivity contribution in [3.8, 4) is 0 Å². The third kappa shape index (κ3) is 3.73. The van der Waals surface area contributed by atoms with Crippen LogP contribution in [0.25, 0.3) is 0 Å². The van der Waals surface area contributed by atoms with Crippen molar-refractivity contribution in [3.63, 3.8) is 0 Å². The van der Waals surface area contributed by atoms with E-state index in [4.69, 9.17) is 13.9 Å². The SMILES string of the molecule is O=C(O)CCCc1nnc(CCc2ccco2)o1. The highest BCUT2D eigenvalue weighted by Crippen LogP contribution is 2.09. The van der Waals surface area contributed by atoms with Gasteiger partial charge in [0.05, 0.1) is 6.26 Å². The van der Waals surface area contributed by atoms with E-state index in [9.17, 15) is 4.79 Å². The quantitative estimate of drug-likeness (QED) is 0.806. The van der Waals surface area contributed by atoms with Gasteiger partial charge in [-0.2, -0.15) is 0 Å². The summed E-state index contributed by atoms with van der Waals surface area (Å²) in [5.41, 5.74) is 0. The summed E-state index contributed by atoms with van der Waals surface area (Å²) in [5, 5.41) is 16.3. The van der Waals surface area contributed by atoms with Gasteiger partial charge in [-0.3, -0.25) is 4.79 Å². The molecule has 0 radical (unpaired) electrons. The van der Waals surface area contributed by atoms with Crippen molar-refractivity contribution in [2.24, 2.45) is 0 Å². The molecular formula is C12H14N2O4. The Morgan fingerprint density at radius 1 is 1.22 bits per heavy atom. The maximum absolute atomic E-state index is 10.4. The van der Waals surface area contributed by atoms with Crippen LogP contribution in [0, 0.1) is 0 Å². The molecule has 18 heavy (non-hydrogen) atoms. The summed E-state index contributed by atoms with van der Waals surface area (Å²) in [4.78, 5) is 10.4. The van der Waals surface area contributed by atoms with E-state index in [2.05, 4.69) is 10.2 Å². The molecule has 0 aliphatic heterocycles. The van der Waals surface area contributed by atoms with Gasteiger partial charge in [0.1, 0.15) is 5.76 Å². The van der Waals surface area contributed by atoms with Gasteiger partial charge in [-0.25, -0.2) is 0 Å². The maximum atomic E-state index is 10.4. The Bertz CT molecular complexity index is 490. The van der Waals surface area contributed by atoms with E-state index >= 15 is 0 Å². The molecule has 6 heteroatoms. The summed E-state index contributed by atoms with van der Waals surface area (Å²) in [7, 11) is 0. The van der Waals surface area contributed by atoms with E-state index in [1.807, 2.05) is 12.1 Å². The van der Waals surface area contributed by atoms with Gasteiger partial charge in [0.25, 0.3) is 0 Å². The average molecular weight is 250 g/mol. The third-order valence-electron chi connectivity index (χ3n) is 2.46. The molecule has 0 unspecified atom stereocenters. The van der Waals surface area contributed by atoms with Crippen LogP contribution in [-0.4, -0.2) is 21.3 Å². The first-order valence-electron chi connectivity index (χ1n) is 5.79. The van der Waals surface area contributed by atoms with Crippen molar-refractivity contribution in [3.05, 3.63) is 35.9 Å². The minimum Gasteiger partial charge on any atom is -0.481 e. The van der Waals surface area contributed by atoms with Crippen LogP contribution < -0.4 is 0 Å². The van der Waals surface area contributed by atoms with Crippen LogP contribution in [-0.2, 0) is 24.1 Å². The minimum absolute atomic E-state index is 0.115. The fraction of sp³-hybridized carbons (Fsp3) is 0.417. The Balaban J connectivity index is 1.77. The van der Waals surface area contributed by atoms with E-state index in [-0.39, 0.29) is 6.42 Å². The number of aromatic nitrogens is 2. The second-order valence-electron chi connectivity index (χ2n) is 3.92. The van der Waals surface area contributed by atoms with E-state index in [1.165, 1.54) is 0 Å². The molecule has 0 bridgehead atoms. The molecule has 1 N–H and O–H groups in total. The van der Waals surface area contributed by atoms with Crippen molar-refractivity contribution in [1.82, 2.24) is 10.2 Å². The van der Waals surface area contributed by atoms with Gasteiger partial charge >= 0.3 is 5.97 Å². The van der Waals surface area contributed by atoms with Gasteiger partial charge in [-0.1, -0.05) is 0 Å². The molecule has 0 saturated carbocycles. The Labute approximate surface area is 104 Å². The van der Waals surface area contributed by atoms with E-state index < -0.39 is 5.97 Å². The topological polar surface area (TPSA) is 89.4 Å². The van der Waals surface area contributed by atoms with E-state index in [0.29, 0.717) is 37.5 Å². The molecule has 2 aromatic rings. The summed E-state index contributed by atoms with van der Waals surface area (Å²) >= 11 is 0. The molecule has 6 nitrogen and oxygen atoms in total. The van der Waals surface area contributed by atoms with Crippen LogP contribution in [0.1, 0.15) is 30.4 Å². The lowest BCUT2D eigenvalue weighted by Crippen LogP contribution is -1.95. The lowest BCUT2D eigenvalue weighted by Gasteiger charge is -1.93. The Morgan fingerprint density at radius 3 is 2.67 bits per heavy atom. The van der Waals surface area contributed by atoms with Crippen molar-refractivity contribution >= 4 is 5.97 Å². The number of aryl methyl sites for hydroxylation is 3. The van der Waals surface area contributed by atoms with E-state index in [1.54, 1.807) is 6.26 Å². The summed E-state index contributed by atoms with van der Waals surface area (Å²) < 4.78 is 10.6. The van der Waals surface area contributed by atoms with Crippen molar-refractivity contribution in [1.29, 1.82) is 0 Å². The first-order valence-corrected chi connectivity index (χ1v) is 5.79. The van der Waals surface area contributed by atoms with Gasteiger partial charge in [0.15, 0.2) is 0 Å². The molecule has 96 valence electrons. The highest BCUT2D eigenvalue weighted by molar-refractivity contribution is 5.66. The number of carboxylic acids is 1. The van der Waals surface area contributed by atoms with Crippen LogP contribution in [0.15, 0.2) is 27.2 Å². The zero-order valence-electron chi connectivity index (χ0n) is 9.83. The molecule has 0 aromatic carbocycles. The highest BCUT2D eigenvalue weighted by atomic mass is 16.4. The summed E-state index contributed by atoms with van der Waals surface area (Å²) in [6, 6.07) is 3.73. The number of rotatable bonds is 7. The lowest BCUT2D eigenvalue weighted by atomic mass is 10.2. The fourth-order valence-corrected chi connectivity index (χ4v) is 1.57. The second kappa shape index (κ2) is 6.00. The molecule has 0 aliphatic carbocycles.